The highest BCUT2D eigenvalue weighted by atomic mass is 31.2. The number of rotatable bonds is 44. The Hall–Kier alpha value is -2.03. The summed E-state index contributed by atoms with van der Waals surface area (Å²) in [5.74, 6) is -0.821. The van der Waals surface area contributed by atoms with Gasteiger partial charge in [-0.1, -0.05) is 165 Å². The van der Waals surface area contributed by atoms with Crippen molar-refractivity contribution >= 4 is 19.8 Å². The number of quaternary nitrogens is 1. The SMILES string of the molecule is CCCCCCC/C=C\C/C=C\C/C=C\CCCCCCCCC(=O)OC(COC(=O)CCCCCCC/C=C\CCCCCCCC)COP(=O)(O)OCC[N+](C)(C)C. The number of allylic oxidation sites excluding steroid dienone is 8. The van der Waals surface area contributed by atoms with E-state index in [1.807, 2.05) is 21.1 Å². The van der Waals surface area contributed by atoms with E-state index in [2.05, 4.69) is 62.5 Å². The molecule has 0 aromatic rings. The second-order valence-electron chi connectivity index (χ2n) is 17.5. The molecule has 0 bridgehead atoms. The van der Waals surface area contributed by atoms with Gasteiger partial charge in [0.15, 0.2) is 6.10 Å². The Morgan fingerprint density at radius 3 is 1.35 bits per heavy atom. The third kappa shape index (κ3) is 45.5. The Kier molecular flexibility index (Phi) is 40.8. The van der Waals surface area contributed by atoms with Crippen molar-refractivity contribution in [1.29, 1.82) is 0 Å². The third-order valence-electron chi connectivity index (χ3n) is 10.3. The first-order valence-electron chi connectivity index (χ1n) is 24.4. The van der Waals surface area contributed by atoms with Crippen molar-refractivity contribution in [2.75, 3.05) is 47.5 Å². The Labute approximate surface area is 369 Å². The molecule has 0 spiro atoms. The number of nitrogens with zero attached hydrogens (tertiary/aromatic N) is 1. The van der Waals surface area contributed by atoms with E-state index in [0.29, 0.717) is 17.4 Å². The molecule has 0 saturated heterocycles. The molecule has 0 aromatic heterocycles. The zero-order valence-corrected chi connectivity index (χ0v) is 40.3. The predicted molar refractivity (Wildman–Crippen MR) is 252 cm³/mol. The summed E-state index contributed by atoms with van der Waals surface area (Å²) >= 11 is 0. The van der Waals surface area contributed by atoms with Crippen molar-refractivity contribution in [3.63, 3.8) is 0 Å². The van der Waals surface area contributed by atoms with E-state index in [-0.39, 0.29) is 32.0 Å². The lowest BCUT2D eigenvalue weighted by atomic mass is 10.1. The average molecular weight is 867 g/mol. The van der Waals surface area contributed by atoms with Crippen LogP contribution in [0.2, 0.25) is 0 Å². The van der Waals surface area contributed by atoms with Gasteiger partial charge in [-0.15, -0.1) is 0 Å². The molecular formula is C50H93NO8P+. The topological polar surface area (TPSA) is 108 Å². The number of phosphoric ester groups is 1. The first-order chi connectivity index (χ1) is 29.0. The van der Waals surface area contributed by atoms with E-state index in [4.69, 9.17) is 18.5 Å². The number of phosphoric acid groups is 1. The lowest BCUT2D eigenvalue weighted by Crippen LogP contribution is -2.37. The van der Waals surface area contributed by atoms with Crippen LogP contribution in [0.1, 0.15) is 206 Å². The predicted octanol–water partition coefficient (Wildman–Crippen LogP) is 14.2. The van der Waals surface area contributed by atoms with Crippen LogP contribution in [0.15, 0.2) is 48.6 Å². The van der Waals surface area contributed by atoms with E-state index in [0.717, 1.165) is 89.9 Å². The maximum Gasteiger partial charge on any atom is 0.472 e. The van der Waals surface area contributed by atoms with Crippen LogP contribution in [0.4, 0.5) is 0 Å². The Bertz CT molecular complexity index is 1160. The molecule has 0 aliphatic carbocycles. The van der Waals surface area contributed by atoms with Crippen LogP contribution in [0.5, 0.6) is 0 Å². The highest BCUT2D eigenvalue weighted by molar-refractivity contribution is 7.47. The van der Waals surface area contributed by atoms with Gasteiger partial charge in [0, 0.05) is 12.8 Å². The highest BCUT2D eigenvalue weighted by Crippen LogP contribution is 2.43. The van der Waals surface area contributed by atoms with Crippen LogP contribution < -0.4 is 0 Å². The van der Waals surface area contributed by atoms with Crippen LogP contribution in [-0.4, -0.2) is 74.9 Å². The second-order valence-corrected chi connectivity index (χ2v) is 18.9. The van der Waals surface area contributed by atoms with Crippen molar-refractivity contribution in [3.05, 3.63) is 48.6 Å². The summed E-state index contributed by atoms with van der Waals surface area (Å²) < 4.78 is 34.4. The molecule has 0 rings (SSSR count). The molecule has 9 nitrogen and oxygen atoms in total. The molecule has 0 amide bonds. The van der Waals surface area contributed by atoms with Crippen molar-refractivity contribution in [3.8, 4) is 0 Å². The van der Waals surface area contributed by atoms with Gasteiger partial charge in [-0.3, -0.25) is 18.6 Å². The molecular weight excluding hydrogens is 774 g/mol. The first-order valence-corrected chi connectivity index (χ1v) is 25.9. The van der Waals surface area contributed by atoms with Crippen LogP contribution in [0, 0.1) is 0 Å². The van der Waals surface area contributed by atoms with E-state index in [1.165, 1.54) is 83.5 Å². The minimum absolute atomic E-state index is 0.0264. The molecule has 1 N–H and O–H groups in total. The molecule has 10 heteroatoms. The molecule has 0 radical (unpaired) electrons. The quantitative estimate of drug-likeness (QED) is 0.0212. The lowest BCUT2D eigenvalue weighted by molar-refractivity contribution is -0.870. The number of carbonyl (C=O) groups is 2. The standard InChI is InChI=1S/C50H92NO8P/c1-6-8-10-12-14-16-18-20-22-23-24-25-26-27-29-31-33-35-37-39-41-43-50(53)59-48(47-58-60(54,55)57-45-44-51(3,4)5)46-56-49(52)42-40-38-36-34-32-30-28-21-19-17-15-13-11-9-7-2/h18,20-21,23-24,26-28,48H,6-17,19,22,25,29-47H2,1-5H3/p+1/b20-18-,24-23-,27-26-,28-21-. The van der Waals surface area contributed by atoms with Crippen LogP contribution >= 0.6 is 7.82 Å². The summed E-state index contributed by atoms with van der Waals surface area (Å²) in [5.41, 5.74) is 0. The number of esters is 2. The number of hydrogen-bond donors (Lipinski definition) is 1. The van der Waals surface area contributed by atoms with E-state index < -0.39 is 26.5 Å². The second kappa shape index (κ2) is 42.3. The Morgan fingerprint density at radius 1 is 0.517 bits per heavy atom. The number of likely N-dealkylation sites (N-methyl/N-ethyl adjacent to an activating group) is 1. The highest BCUT2D eigenvalue weighted by Gasteiger charge is 2.27. The van der Waals surface area contributed by atoms with Crippen molar-refractivity contribution in [1.82, 2.24) is 0 Å². The number of unbranched alkanes of at least 4 members (excludes halogenated alkanes) is 22. The summed E-state index contributed by atoms with van der Waals surface area (Å²) in [7, 11) is 1.46. The summed E-state index contributed by atoms with van der Waals surface area (Å²) in [5, 5.41) is 0. The largest absolute Gasteiger partial charge is 0.472 e. The molecule has 0 aliphatic rings. The molecule has 0 aliphatic heterocycles. The Balaban J connectivity index is 4.33. The van der Waals surface area contributed by atoms with E-state index >= 15 is 0 Å². The van der Waals surface area contributed by atoms with Gasteiger partial charge in [-0.25, -0.2) is 4.57 Å². The van der Waals surface area contributed by atoms with Gasteiger partial charge in [0.05, 0.1) is 27.7 Å². The van der Waals surface area contributed by atoms with E-state index in [9.17, 15) is 19.0 Å². The van der Waals surface area contributed by atoms with Gasteiger partial charge < -0.3 is 18.9 Å². The molecule has 0 aromatic carbocycles. The monoisotopic (exact) mass is 867 g/mol. The Morgan fingerprint density at radius 2 is 0.900 bits per heavy atom. The van der Waals surface area contributed by atoms with Crippen molar-refractivity contribution < 1.29 is 42.1 Å². The fourth-order valence-corrected chi connectivity index (χ4v) is 7.23. The van der Waals surface area contributed by atoms with Gasteiger partial charge in [0.2, 0.25) is 0 Å². The van der Waals surface area contributed by atoms with Gasteiger partial charge >= 0.3 is 19.8 Å². The van der Waals surface area contributed by atoms with Crippen LogP contribution in [0.3, 0.4) is 0 Å². The molecule has 0 heterocycles. The average Bonchev–Trinajstić information content (AvgIpc) is 3.20. The third-order valence-corrected chi connectivity index (χ3v) is 11.3. The van der Waals surface area contributed by atoms with Gasteiger partial charge in [-0.05, 0) is 77.0 Å². The number of ether oxygens (including phenoxy) is 2. The van der Waals surface area contributed by atoms with Crippen LogP contribution in [0.25, 0.3) is 0 Å². The van der Waals surface area contributed by atoms with Gasteiger partial charge in [0.25, 0.3) is 0 Å². The minimum Gasteiger partial charge on any atom is -0.462 e. The number of carbonyl (C=O) groups excluding carboxylic acids is 2. The zero-order valence-electron chi connectivity index (χ0n) is 39.4. The molecule has 2 atom stereocenters. The molecule has 60 heavy (non-hydrogen) atoms. The molecule has 0 fully saturated rings. The minimum atomic E-state index is -4.38. The fraction of sp³-hybridized carbons (Fsp3) is 0.800. The van der Waals surface area contributed by atoms with E-state index in [1.54, 1.807) is 0 Å². The summed E-state index contributed by atoms with van der Waals surface area (Å²) in [6, 6.07) is 0. The molecule has 0 saturated carbocycles. The normalized spacial score (nSPS) is 13.9. The molecule has 2 unspecified atom stereocenters. The maximum absolute atomic E-state index is 12.7. The smallest absolute Gasteiger partial charge is 0.462 e. The van der Waals surface area contributed by atoms with Gasteiger partial charge in [-0.2, -0.15) is 0 Å². The summed E-state index contributed by atoms with van der Waals surface area (Å²) in [6.07, 6.45) is 50.1. The number of hydrogen-bond acceptors (Lipinski definition) is 7. The lowest BCUT2D eigenvalue weighted by Gasteiger charge is -2.24. The zero-order chi connectivity index (χ0) is 44.3. The van der Waals surface area contributed by atoms with Crippen molar-refractivity contribution in [2.45, 2.75) is 213 Å². The summed E-state index contributed by atoms with van der Waals surface area (Å²) in [4.78, 5) is 35.5. The van der Waals surface area contributed by atoms with Gasteiger partial charge in [0.1, 0.15) is 19.8 Å². The first kappa shape index (κ1) is 58.0. The molecule has 350 valence electrons. The summed E-state index contributed by atoms with van der Waals surface area (Å²) in [6.45, 7) is 4.39. The maximum atomic E-state index is 12.7. The van der Waals surface area contributed by atoms with Crippen LogP contribution in [-0.2, 0) is 32.7 Å². The van der Waals surface area contributed by atoms with Crippen molar-refractivity contribution in [2.24, 2.45) is 0 Å². The fourth-order valence-electron chi connectivity index (χ4n) is 6.49.